The van der Waals surface area contributed by atoms with Crippen LogP contribution in [0.2, 0.25) is 0 Å². The second-order valence-electron chi connectivity index (χ2n) is 6.15. The summed E-state index contributed by atoms with van der Waals surface area (Å²) in [6.07, 6.45) is 5.70. The number of carboxylic acid groups (broad SMARTS) is 1. The number of nitrogens with one attached hydrogen (secondary N) is 1. The van der Waals surface area contributed by atoms with Crippen molar-refractivity contribution in [3.8, 4) is 0 Å². The highest BCUT2D eigenvalue weighted by molar-refractivity contribution is 5.96. The van der Waals surface area contributed by atoms with Crippen molar-refractivity contribution in [2.24, 2.45) is 11.8 Å². The van der Waals surface area contributed by atoms with Crippen LogP contribution < -0.4 is 10.4 Å². The van der Waals surface area contributed by atoms with Crippen molar-refractivity contribution in [1.82, 2.24) is 0 Å². The van der Waals surface area contributed by atoms with Crippen LogP contribution in [0.3, 0.4) is 0 Å². The van der Waals surface area contributed by atoms with Crippen LogP contribution in [0.15, 0.2) is 30.4 Å². The minimum absolute atomic E-state index is 0.316. The summed E-state index contributed by atoms with van der Waals surface area (Å²) in [5, 5.41) is 14.1. The molecule has 0 radical (unpaired) electrons. The summed E-state index contributed by atoms with van der Waals surface area (Å²) in [6.45, 7) is 0. The van der Waals surface area contributed by atoms with Crippen molar-refractivity contribution in [1.29, 1.82) is 0 Å². The first-order valence-electron chi connectivity index (χ1n) is 7.61. The van der Waals surface area contributed by atoms with Crippen LogP contribution in [0.5, 0.6) is 0 Å². The molecule has 114 valence electrons. The molecule has 0 spiro atoms. The third-order valence-corrected chi connectivity index (χ3v) is 4.84. The van der Waals surface area contributed by atoms with Crippen LogP contribution in [-0.4, -0.2) is 24.1 Å². The maximum Gasteiger partial charge on any atom is 0.231 e. The van der Waals surface area contributed by atoms with Gasteiger partial charge in [-0.15, -0.1) is 0 Å². The number of hydrogen-bond acceptors (Lipinski definition) is 4. The van der Waals surface area contributed by atoms with E-state index in [4.69, 9.17) is 4.74 Å². The smallest absolute Gasteiger partial charge is 0.231 e. The van der Waals surface area contributed by atoms with E-state index in [1.165, 1.54) is 11.1 Å². The van der Waals surface area contributed by atoms with Gasteiger partial charge in [-0.3, -0.25) is 4.79 Å². The molecule has 0 unspecified atom stereocenters. The quantitative estimate of drug-likeness (QED) is 0.821. The Morgan fingerprint density at radius 3 is 2.59 bits per heavy atom. The van der Waals surface area contributed by atoms with E-state index in [1.807, 2.05) is 18.2 Å². The maximum absolute atomic E-state index is 12.5. The van der Waals surface area contributed by atoms with E-state index in [9.17, 15) is 14.7 Å². The average molecular weight is 298 g/mol. The van der Waals surface area contributed by atoms with E-state index in [2.05, 4.69) is 5.32 Å². The Labute approximate surface area is 128 Å². The van der Waals surface area contributed by atoms with Gasteiger partial charge >= 0.3 is 0 Å². The van der Waals surface area contributed by atoms with Gasteiger partial charge in [0.2, 0.25) is 5.91 Å². The minimum Gasteiger partial charge on any atom is -0.550 e. The number of anilines is 1. The van der Waals surface area contributed by atoms with Gasteiger partial charge in [0.25, 0.3) is 0 Å². The van der Waals surface area contributed by atoms with Crippen LogP contribution >= 0.6 is 0 Å². The summed E-state index contributed by atoms with van der Waals surface area (Å²) in [6, 6.07) is 5.89. The molecule has 1 saturated heterocycles. The molecule has 2 aliphatic heterocycles. The maximum atomic E-state index is 12.5. The molecule has 1 aliphatic carbocycles. The van der Waals surface area contributed by atoms with E-state index in [0.29, 0.717) is 0 Å². The molecule has 2 heterocycles. The summed E-state index contributed by atoms with van der Waals surface area (Å²) in [4.78, 5) is 23.8. The van der Waals surface area contributed by atoms with E-state index in [0.717, 1.165) is 24.9 Å². The monoisotopic (exact) mass is 298 g/mol. The van der Waals surface area contributed by atoms with Crippen LogP contribution in [0.1, 0.15) is 17.5 Å². The van der Waals surface area contributed by atoms with Crippen LogP contribution in [0, 0.1) is 11.8 Å². The lowest BCUT2D eigenvalue weighted by molar-refractivity contribution is -0.313. The van der Waals surface area contributed by atoms with E-state index in [-0.39, 0.29) is 5.91 Å². The van der Waals surface area contributed by atoms with Gasteiger partial charge in [0, 0.05) is 17.6 Å². The number of amides is 1. The Hall–Kier alpha value is -2.14. The first-order chi connectivity index (χ1) is 10.6. The molecule has 5 heteroatoms. The molecular formula is C17H16NO4-. The average Bonchev–Trinajstić information content (AvgIpc) is 3.20. The SMILES string of the molecule is O=C([O-])[C@@H]1[C@H](C(=O)Nc2ccc3c(c2)CCC3)[C@@H]2C=C[C@H]1O2. The molecule has 1 fully saturated rings. The number of benzene rings is 1. The Morgan fingerprint density at radius 1 is 1.09 bits per heavy atom. The second kappa shape index (κ2) is 4.95. The predicted octanol–water partition coefficient (Wildman–Crippen LogP) is 0.433. The molecule has 1 N–H and O–H groups in total. The lowest BCUT2D eigenvalue weighted by Crippen LogP contribution is -2.45. The molecule has 3 aliphatic rings. The third kappa shape index (κ3) is 2.04. The second-order valence-corrected chi connectivity index (χ2v) is 6.15. The van der Waals surface area contributed by atoms with Crippen molar-refractivity contribution in [3.05, 3.63) is 41.5 Å². The lowest BCUT2D eigenvalue weighted by atomic mass is 9.82. The van der Waals surface area contributed by atoms with Gasteiger partial charge < -0.3 is 20.0 Å². The fourth-order valence-corrected chi connectivity index (χ4v) is 3.78. The molecule has 2 bridgehead atoms. The van der Waals surface area contributed by atoms with Crippen LogP contribution in [0.25, 0.3) is 0 Å². The van der Waals surface area contributed by atoms with E-state index >= 15 is 0 Å². The number of rotatable bonds is 3. The summed E-state index contributed by atoms with van der Waals surface area (Å²) < 4.78 is 5.50. The standard InChI is InChI=1S/C17H17NO4/c19-16(14-12-6-7-13(22-12)15(14)17(20)21)18-11-5-4-9-2-1-3-10(9)8-11/h4-8,12-15H,1-3H2,(H,18,19)(H,20,21)/p-1/t12-,13+,14+,15-/m0/s1. The fraction of sp³-hybridized carbons (Fsp3) is 0.412. The number of carboxylic acids is 1. The van der Waals surface area contributed by atoms with Gasteiger partial charge in [-0.2, -0.15) is 0 Å². The van der Waals surface area contributed by atoms with E-state index in [1.54, 1.807) is 12.2 Å². The summed E-state index contributed by atoms with van der Waals surface area (Å²) in [7, 11) is 0. The summed E-state index contributed by atoms with van der Waals surface area (Å²) in [5.74, 6) is -3.19. The minimum atomic E-state index is -1.23. The third-order valence-electron chi connectivity index (χ3n) is 4.84. The molecule has 4 atom stereocenters. The number of ether oxygens (including phenoxy) is 1. The van der Waals surface area contributed by atoms with Gasteiger partial charge in [0.05, 0.1) is 18.1 Å². The number of carbonyl (C=O) groups is 2. The Morgan fingerprint density at radius 2 is 1.82 bits per heavy atom. The molecule has 0 saturated carbocycles. The highest BCUT2D eigenvalue weighted by Gasteiger charge is 2.50. The number of aliphatic carboxylic acids is 1. The molecule has 0 aromatic heterocycles. The Kier molecular flexibility index (Phi) is 3.04. The van der Waals surface area contributed by atoms with Crippen molar-refractivity contribution in [2.45, 2.75) is 31.5 Å². The highest BCUT2D eigenvalue weighted by atomic mass is 16.5. The number of aryl methyl sites for hydroxylation is 2. The molecule has 22 heavy (non-hydrogen) atoms. The number of fused-ring (bicyclic) bond motifs is 3. The number of hydrogen-bond donors (Lipinski definition) is 1. The topological polar surface area (TPSA) is 78.5 Å². The molecule has 4 rings (SSSR count). The van der Waals surface area contributed by atoms with Gasteiger partial charge in [-0.1, -0.05) is 18.2 Å². The van der Waals surface area contributed by atoms with Crippen molar-refractivity contribution >= 4 is 17.6 Å². The number of carbonyl (C=O) groups excluding carboxylic acids is 2. The Balaban J connectivity index is 1.55. The Bertz CT molecular complexity index is 681. The first kappa shape index (κ1) is 13.5. The normalized spacial score (nSPS) is 31.3. The molecule has 1 aromatic rings. The van der Waals surface area contributed by atoms with Gasteiger partial charge in [-0.25, -0.2) is 0 Å². The van der Waals surface area contributed by atoms with Gasteiger partial charge in [0.1, 0.15) is 0 Å². The fourth-order valence-electron chi connectivity index (χ4n) is 3.78. The van der Waals surface area contributed by atoms with Crippen molar-refractivity contribution < 1.29 is 19.4 Å². The van der Waals surface area contributed by atoms with Crippen molar-refractivity contribution in [3.63, 3.8) is 0 Å². The van der Waals surface area contributed by atoms with E-state index < -0.39 is 30.0 Å². The van der Waals surface area contributed by atoms with Crippen LogP contribution in [-0.2, 0) is 27.2 Å². The van der Waals surface area contributed by atoms with Gasteiger partial charge in [0.15, 0.2) is 0 Å². The summed E-state index contributed by atoms with van der Waals surface area (Å²) in [5.41, 5.74) is 3.31. The largest absolute Gasteiger partial charge is 0.550 e. The molecular weight excluding hydrogens is 282 g/mol. The van der Waals surface area contributed by atoms with Gasteiger partial charge in [-0.05, 0) is 42.5 Å². The molecule has 1 aromatic carbocycles. The zero-order chi connectivity index (χ0) is 15.3. The molecule has 5 nitrogen and oxygen atoms in total. The van der Waals surface area contributed by atoms with Crippen molar-refractivity contribution in [2.75, 3.05) is 5.32 Å². The zero-order valence-electron chi connectivity index (χ0n) is 12.0. The molecule has 1 amide bonds. The summed E-state index contributed by atoms with van der Waals surface area (Å²) >= 11 is 0. The predicted molar refractivity (Wildman–Crippen MR) is 76.9 cm³/mol. The zero-order valence-corrected chi connectivity index (χ0v) is 12.0. The lowest BCUT2D eigenvalue weighted by Gasteiger charge is -2.25. The highest BCUT2D eigenvalue weighted by Crippen LogP contribution is 2.39. The van der Waals surface area contributed by atoms with Crippen LogP contribution in [0.4, 0.5) is 5.69 Å². The first-order valence-corrected chi connectivity index (χ1v) is 7.61.